The largest absolute Gasteiger partial charge is 0.486 e. The maximum Gasteiger partial charge on any atom is 0.143 e. The molecule has 0 saturated heterocycles. The van der Waals surface area contributed by atoms with Gasteiger partial charge in [-0.15, -0.1) is 11.3 Å². The second-order valence-corrected chi connectivity index (χ2v) is 5.88. The second kappa shape index (κ2) is 5.89. The lowest BCUT2D eigenvalue weighted by Gasteiger charge is -2.11. The third-order valence-corrected chi connectivity index (χ3v) is 3.72. The Morgan fingerprint density at radius 3 is 2.78 bits per heavy atom. The Labute approximate surface area is 120 Å². The van der Waals surface area contributed by atoms with Crippen molar-refractivity contribution >= 4 is 34.5 Å². The number of nitrogens with zero attached hydrogens (tertiary/aromatic N) is 1. The van der Waals surface area contributed by atoms with Gasteiger partial charge in [0.25, 0.3) is 0 Å². The first kappa shape index (κ1) is 13.6. The van der Waals surface area contributed by atoms with E-state index in [0.29, 0.717) is 28.9 Å². The maximum atomic E-state index is 6.11. The van der Waals surface area contributed by atoms with Crippen LogP contribution in [0.15, 0.2) is 18.3 Å². The predicted molar refractivity (Wildman–Crippen MR) is 75.5 cm³/mol. The van der Waals surface area contributed by atoms with Gasteiger partial charge in [0.1, 0.15) is 12.4 Å². The van der Waals surface area contributed by atoms with Crippen LogP contribution in [0.3, 0.4) is 0 Å². The molecule has 0 aliphatic heterocycles. The van der Waals surface area contributed by atoms with Gasteiger partial charge in [-0.25, -0.2) is 4.98 Å². The van der Waals surface area contributed by atoms with Gasteiger partial charge in [0, 0.05) is 23.3 Å². The van der Waals surface area contributed by atoms with E-state index in [4.69, 9.17) is 33.7 Å². The van der Waals surface area contributed by atoms with E-state index in [9.17, 15) is 0 Å². The van der Waals surface area contributed by atoms with Gasteiger partial charge in [-0.1, -0.05) is 23.2 Å². The average molecular weight is 303 g/mol. The normalized spacial score (nSPS) is 10.7. The van der Waals surface area contributed by atoms with Crippen LogP contribution in [-0.2, 0) is 13.2 Å². The van der Waals surface area contributed by atoms with Crippen LogP contribution >= 0.6 is 34.5 Å². The molecule has 0 aliphatic rings. The highest BCUT2D eigenvalue weighted by molar-refractivity contribution is 7.11. The maximum absolute atomic E-state index is 6.11. The zero-order valence-corrected chi connectivity index (χ0v) is 12.1. The molecule has 96 valence electrons. The average Bonchev–Trinajstić information content (AvgIpc) is 2.73. The number of thiazole rings is 1. The molecule has 2 N–H and O–H groups in total. The number of hydrogen-bond acceptors (Lipinski definition) is 4. The van der Waals surface area contributed by atoms with E-state index in [1.54, 1.807) is 29.7 Å². The number of nitrogens with two attached hydrogens (primary N) is 1. The minimum absolute atomic E-state index is 0.331. The number of aromatic nitrogens is 1. The quantitative estimate of drug-likeness (QED) is 0.934. The molecule has 0 spiro atoms. The van der Waals surface area contributed by atoms with Gasteiger partial charge in [0.2, 0.25) is 0 Å². The van der Waals surface area contributed by atoms with Gasteiger partial charge in [-0.05, 0) is 19.1 Å². The van der Waals surface area contributed by atoms with Crippen molar-refractivity contribution in [2.45, 2.75) is 20.1 Å². The van der Waals surface area contributed by atoms with Crippen LogP contribution in [-0.4, -0.2) is 4.98 Å². The van der Waals surface area contributed by atoms with Crippen LogP contribution in [0.5, 0.6) is 5.75 Å². The van der Waals surface area contributed by atoms with E-state index >= 15 is 0 Å². The van der Waals surface area contributed by atoms with E-state index in [1.807, 2.05) is 6.92 Å². The summed E-state index contributed by atoms with van der Waals surface area (Å²) in [5.74, 6) is 0.592. The topological polar surface area (TPSA) is 48.1 Å². The fraction of sp³-hybridized carbons (Fsp3) is 0.250. The Morgan fingerprint density at radius 1 is 1.39 bits per heavy atom. The molecule has 2 aromatic rings. The van der Waals surface area contributed by atoms with Gasteiger partial charge in [0.05, 0.1) is 14.9 Å². The molecule has 3 nitrogen and oxygen atoms in total. The van der Waals surface area contributed by atoms with E-state index in [-0.39, 0.29) is 0 Å². The van der Waals surface area contributed by atoms with Crippen molar-refractivity contribution in [1.29, 1.82) is 0 Å². The number of halogens is 2. The van der Waals surface area contributed by atoms with Crippen LogP contribution in [0.4, 0.5) is 0 Å². The van der Waals surface area contributed by atoms with Crippen molar-refractivity contribution in [3.63, 3.8) is 0 Å². The smallest absolute Gasteiger partial charge is 0.143 e. The van der Waals surface area contributed by atoms with Crippen LogP contribution in [0.2, 0.25) is 10.0 Å². The highest BCUT2D eigenvalue weighted by Crippen LogP contribution is 2.33. The Kier molecular flexibility index (Phi) is 4.45. The second-order valence-electron chi connectivity index (χ2n) is 3.71. The summed E-state index contributed by atoms with van der Waals surface area (Å²) in [5.41, 5.74) is 6.45. The van der Waals surface area contributed by atoms with E-state index in [1.165, 1.54) is 0 Å². The number of aryl methyl sites for hydroxylation is 1. The van der Waals surface area contributed by atoms with Crippen molar-refractivity contribution in [1.82, 2.24) is 4.98 Å². The van der Waals surface area contributed by atoms with E-state index in [2.05, 4.69) is 4.98 Å². The molecule has 0 atom stereocenters. The van der Waals surface area contributed by atoms with Gasteiger partial charge in [0.15, 0.2) is 0 Å². The number of rotatable bonds is 4. The monoisotopic (exact) mass is 302 g/mol. The molecule has 0 amide bonds. The summed E-state index contributed by atoms with van der Waals surface area (Å²) >= 11 is 13.6. The molecule has 0 aliphatic carbocycles. The highest BCUT2D eigenvalue weighted by atomic mass is 35.5. The molecule has 0 saturated carbocycles. The molecule has 1 heterocycles. The Morgan fingerprint density at radius 2 is 2.17 bits per heavy atom. The summed E-state index contributed by atoms with van der Waals surface area (Å²) in [4.78, 5) is 5.21. The highest BCUT2D eigenvalue weighted by Gasteiger charge is 2.10. The summed E-state index contributed by atoms with van der Waals surface area (Å²) in [5, 5.41) is 2.04. The number of benzene rings is 1. The number of ether oxygens (including phenoxy) is 1. The molecule has 2 rings (SSSR count). The van der Waals surface area contributed by atoms with Crippen molar-refractivity contribution in [2.75, 3.05) is 0 Å². The molecule has 6 heteroatoms. The third kappa shape index (κ3) is 3.14. The van der Waals surface area contributed by atoms with Crippen molar-refractivity contribution in [3.05, 3.63) is 43.8 Å². The fourth-order valence-electron chi connectivity index (χ4n) is 1.54. The van der Waals surface area contributed by atoms with Crippen LogP contribution in [0.1, 0.15) is 15.4 Å². The minimum Gasteiger partial charge on any atom is -0.486 e. The third-order valence-electron chi connectivity index (χ3n) is 2.33. The first-order chi connectivity index (χ1) is 8.60. The molecule has 1 aromatic heterocycles. The van der Waals surface area contributed by atoms with Crippen LogP contribution in [0, 0.1) is 6.92 Å². The summed E-state index contributed by atoms with van der Waals surface area (Å²) in [6.45, 7) is 2.71. The Hall–Kier alpha value is -0.810. The van der Waals surface area contributed by atoms with Gasteiger partial charge in [-0.2, -0.15) is 0 Å². The summed E-state index contributed by atoms with van der Waals surface area (Å²) in [7, 11) is 0. The summed E-state index contributed by atoms with van der Waals surface area (Å²) < 4.78 is 5.71. The zero-order valence-electron chi connectivity index (χ0n) is 9.74. The molecule has 0 unspecified atom stereocenters. The first-order valence-corrected chi connectivity index (χ1v) is 6.89. The summed E-state index contributed by atoms with van der Waals surface area (Å²) in [6.07, 6.45) is 1.80. The van der Waals surface area contributed by atoms with E-state index in [0.717, 1.165) is 15.4 Å². The molecular formula is C12H12Cl2N2OS. The van der Waals surface area contributed by atoms with Gasteiger partial charge in [-0.3, -0.25) is 0 Å². The minimum atomic E-state index is 0.331. The molecule has 0 fully saturated rings. The van der Waals surface area contributed by atoms with Gasteiger partial charge < -0.3 is 10.5 Å². The Balaban J connectivity index is 2.18. The lowest BCUT2D eigenvalue weighted by Crippen LogP contribution is -2.03. The fourth-order valence-corrected chi connectivity index (χ4v) is 2.84. The Bertz CT molecular complexity index is 557. The lowest BCUT2D eigenvalue weighted by molar-refractivity contribution is 0.306. The molecule has 18 heavy (non-hydrogen) atoms. The SMILES string of the molecule is Cc1ncc(COc2c(Cl)cc(Cl)cc2CN)s1. The first-order valence-electron chi connectivity index (χ1n) is 5.32. The standard InChI is InChI=1S/C12H12Cl2N2OS/c1-7-16-5-10(18-7)6-17-12-8(4-15)2-9(13)3-11(12)14/h2-3,5H,4,6,15H2,1H3. The molecular weight excluding hydrogens is 291 g/mol. The lowest BCUT2D eigenvalue weighted by atomic mass is 10.2. The van der Waals surface area contributed by atoms with Crippen LogP contribution in [0.25, 0.3) is 0 Å². The van der Waals surface area contributed by atoms with Crippen molar-refractivity contribution in [2.24, 2.45) is 5.73 Å². The number of hydrogen-bond donors (Lipinski definition) is 1. The van der Waals surface area contributed by atoms with Crippen LogP contribution < -0.4 is 10.5 Å². The molecule has 0 radical (unpaired) electrons. The van der Waals surface area contributed by atoms with Crippen molar-refractivity contribution in [3.8, 4) is 5.75 Å². The van der Waals surface area contributed by atoms with Gasteiger partial charge >= 0.3 is 0 Å². The molecule has 0 bridgehead atoms. The predicted octanol–water partition coefficient (Wildman–Crippen LogP) is 3.80. The zero-order chi connectivity index (χ0) is 13.1. The van der Waals surface area contributed by atoms with E-state index < -0.39 is 0 Å². The van der Waals surface area contributed by atoms with Crippen molar-refractivity contribution < 1.29 is 4.74 Å². The molecule has 1 aromatic carbocycles. The summed E-state index contributed by atoms with van der Waals surface area (Å²) in [6, 6.07) is 3.41.